The van der Waals surface area contributed by atoms with Crippen LogP contribution in [0.2, 0.25) is 10.0 Å². The topological polar surface area (TPSA) is 29.1 Å². The summed E-state index contributed by atoms with van der Waals surface area (Å²) in [6.45, 7) is 0.429. The van der Waals surface area contributed by atoms with E-state index in [4.69, 9.17) is 23.2 Å². The van der Waals surface area contributed by atoms with E-state index in [1.807, 2.05) is 24.3 Å². The fourth-order valence-electron chi connectivity index (χ4n) is 1.88. The first kappa shape index (κ1) is 17.2. The molecule has 0 heterocycles. The molecule has 5 heteroatoms. The van der Waals surface area contributed by atoms with Crippen LogP contribution in [-0.4, -0.2) is 11.7 Å². The lowest BCUT2D eigenvalue weighted by atomic mass is 10.2. The van der Waals surface area contributed by atoms with Crippen LogP contribution in [0.1, 0.15) is 17.5 Å². The molecule has 0 fully saturated rings. The number of carbonyl (C=O) groups excluding carboxylic acids is 1. The molecule has 1 N–H and O–H groups in total. The van der Waals surface area contributed by atoms with Crippen LogP contribution in [0.15, 0.2) is 48.5 Å². The van der Waals surface area contributed by atoms with Gasteiger partial charge in [0.05, 0.1) is 0 Å². The van der Waals surface area contributed by atoms with Crippen molar-refractivity contribution in [1.82, 2.24) is 5.32 Å². The molecule has 2 rings (SSSR count). The first-order chi connectivity index (χ1) is 10.6. The number of nitrogens with one attached hydrogen (secondary N) is 1. The van der Waals surface area contributed by atoms with Gasteiger partial charge in [-0.05, 0) is 23.3 Å². The first-order valence-corrected chi connectivity index (χ1v) is 8.88. The zero-order chi connectivity index (χ0) is 15.8. The maximum atomic E-state index is 11.8. The van der Waals surface area contributed by atoms with Crippen LogP contribution >= 0.6 is 35.0 Å². The minimum atomic E-state index is 0.0339. The van der Waals surface area contributed by atoms with Crippen molar-refractivity contribution >= 4 is 40.9 Å². The molecule has 0 aliphatic heterocycles. The van der Waals surface area contributed by atoms with E-state index in [9.17, 15) is 4.79 Å². The van der Waals surface area contributed by atoms with E-state index in [0.29, 0.717) is 23.0 Å². The molecule has 0 saturated carbocycles. The van der Waals surface area contributed by atoms with Crippen molar-refractivity contribution in [2.24, 2.45) is 0 Å². The number of halogens is 2. The molecular formula is C17H17Cl2NOS. The average Bonchev–Trinajstić information content (AvgIpc) is 2.52. The number of amides is 1. The van der Waals surface area contributed by atoms with Gasteiger partial charge in [0, 0.05) is 34.5 Å². The summed E-state index contributed by atoms with van der Waals surface area (Å²) in [5.41, 5.74) is 2.15. The van der Waals surface area contributed by atoms with Gasteiger partial charge >= 0.3 is 0 Å². The summed E-state index contributed by atoms with van der Waals surface area (Å²) >= 11 is 13.7. The number of benzene rings is 2. The molecule has 22 heavy (non-hydrogen) atoms. The minimum Gasteiger partial charge on any atom is -0.352 e. The van der Waals surface area contributed by atoms with Gasteiger partial charge < -0.3 is 5.32 Å². The number of rotatable bonds is 7. The zero-order valence-corrected chi connectivity index (χ0v) is 14.3. The molecule has 2 aromatic rings. The molecule has 0 aliphatic carbocycles. The van der Waals surface area contributed by atoms with Crippen LogP contribution in [-0.2, 0) is 17.1 Å². The lowest BCUT2D eigenvalue weighted by Gasteiger charge is -2.07. The Morgan fingerprint density at radius 3 is 2.59 bits per heavy atom. The Labute approximate surface area is 145 Å². The summed E-state index contributed by atoms with van der Waals surface area (Å²) in [6, 6.07) is 15.5. The molecule has 0 radical (unpaired) electrons. The van der Waals surface area contributed by atoms with E-state index in [1.54, 1.807) is 23.9 Å². The Morgan fingerprint density at radius 1 is 1.09 bits per heavy atom. The molecule has 0 atom stereocenters. The number of carbonyl (C=O) groups is 1. The number of hydrogen-bond acceptors (Lipinski definition) is 2. The summed E-state index contributed by atoms with van der Waals surface area (Å²) in [4.78, 5) is 11.8. The average molecular weight is 354 g/mol. The highest BCUT2D eigenvalue weighted by molar-refractivity contribution is 7.98. The molecule has 1 amide bonds. The summed E-state index contributed by atoms with van der Waals surface area (Å²) in [6.07, 6.45) is 0.503. The number of hydrogen-bond donors (Lipinski definition) is 1. The second-order valence-electron chi connectivity index (χ2n) is 4.80. The molecule has 116 valence electrons. The lowest BCUT2D eigenvalue weighted by Crippen LogP contribution is -2.23. The van der Waals surface area contributed by atoms with E-state index in [0.717, 1.165) is 17.1 Å². The standard InChI is InChI=1S/C17H17Cl2NOS/c18-15-7-6-14(16(19)10-15)11-20-17(21)8-9-22-12-13-4-2-1-3-5-13/h1-7,10H,8-9,11-12H2,(H,20,21). The molecular weight excluding hydrogens is 337 g/mol. The Balaban J connectivity index is 1.65. The second kappa shape index (κ2) is 9.09. The lowest BCUT2D eigenvalue weighted by molar-refractivity contribution is -0.120. The van der Waals surface area contributed by atoms with Gasteiger partial charge in [-0.25, -0.2) is 0 Å². The normalized spacial score (nSPS) is 10.5. The van der Waals surface area contributed by atoms with Crippen LogP contribution in [0.4, 0.5) is 0 Å². The maximum Gasteiger partial charge on any atom is 0.221 e. The van der Waals surface area contributed by atoms with Gasteiger partial charge in [0.15, 0.2) is 0 Å². The van der Waals surface area contributed by atoms with Crippen molar-refractivity contribution in [3.63, 3.8) is 0 Å². The van der Waals surface area contributed by atoms with Crippen LogP contribution in [0.25, 0.3) is 0 Å². The van der Waals surface area contributed by atoms with Crippen molar-refractivity contribution in [2.75, 3.05) is 5.75 Å². The summed E-state index contributed by atoms with van der Waals surface area (Å²) in [5, 5.41) is 4.05. The first-order valence-electron chi connectivity index (χ1n) is 6.97. The molecule has 2 aromatic carbocycles. The summed E-state index contributed by atoms with van der Waals surface area (Å²) < 4.78 is 0. The molecule has 0 bridgehead atoms. The predicted octanol–water partition coefficient (Wildman–Crippen LogP) is 4.93. The summed E-state index contributed by atoms with van der Waals surface area (Å²) in [5.74, 6) is 1.76. The molecule has 0 aromatic heterocycles. The quantitative estimate of drug-likeness (QED) is 0.714. The van der Waals surface area contributed by atoms with Crippen LogP contribution in [0.3, 0.4) is 0 Å². The van der Waals surface area contributed by atoms with E-state index in [1.165, 1.54) is 5.56 Å². The third kappa shape index (κ3) is 5.91. The van der Waals surface area contributed by atoms with Crippen molar-refractivity contribution in [2.45, 2.75) is 18.7 Å². The Kier molecular flexibility index (Phi) is 7.10. The van der Waals surface area contributed by atoms with Gasteiger partial charge in [-0.2, -0.15) is 11.8 Å². The highest BCUT2D eigenvalue weighted by atomic mass is 35.5. The minimum absolute atomic E-state index is 0.0339. The van der Waals surface area contributed by atoms with Crippen molar-refractivity contribution in [3.05, 3.63) is 69.7 Å². The smallest absolute Gasteiger partial charge is 0.221 e. The monoisotopic (exact) mass is 353 g/mol. The van der Waals surface area contributed by atoms with Crippen LogP contribution in [0.5, 0.6) is 0 Å². The SMILES string of the molecule is O=C(CCSCc1ccccc1)NCc1ccc(Cl)cc1Cl. The van der Waals surface area contributed by atoms with Gasteiger partial charge in [0.25, 0.3) is 0 Å². The fourth-order valence-corrected chi connectivity index (χ4v) is 3.25. The summed E-state index contributed by atoms with van der Waals surface area (Å²) in [7, 11) is 0. The van der Waals surface area contributed by atoms with E-state index in [2.05, 4.69) is 17.4 Å². The predicted molar refractivity (Wildman–Crippen MR) is 95.5 cm³/mol. The van der Waals surface area contributed by atoms with E-state index >= 15 is 0 Å². The van der Waals surface area contributed by atoms with Gasteiger partial charge in [-0.3, -0.25) is 4.79 Å². The fraction of sp³-hybridized carbons (Fsp3) is 0.235. The van der Waals surface area contributed by atoms with Crippen molar-refractivity contribution in [3.8, 4) is 0 Å². The molecule has 0 saturated heterocycles. The van der Waals surface area contributed by atoms with Crippen molar-refractivity contribution in [1.29, 1.82) is 0 Å². The van der Waals surface area contributed by atoms with E-state index < -0.39 is 0 Å². The molecule has 0 spiro atoms. The Morgan fingerprint density at radius 2 is 1.86 bits per heavy atom. The third-order valence-electron chi connectivity index (χ3n) is 3.08. The van der Waals surface area contributed by atoms with Crippen LogP contribution < -0.4 is 5.32 Å². The van der Waals surface area contributed by atoms with Crippen molar-refractivity contribution < 1.29 is 4.79 Å². The largest absolute Gasteiger partial charge is 0.352 e. The highest BCUT2D eigenvalue weighted by Crippen LogP contribution is 2.20. The molecule has 2 nitrogen and oxygen atoms in total. The van der Waals surface area contributed by atoms with Gasteiger partial charge in [-0.1, -0.05) is 59.6 Å². The van der Waals surface area contributed by atoms with E-state index in [-0.39, 0.29) is 5.91 Å². The number of thioether (sulfide) groups is 1. The molecule has 0 unspecified atom stereocenters. The van der Waals surface area contributed by atoms with Gasteiger partial charge in [0.2, 0.25) is 5.91 Å². The maximum absolute atomic E-state index is 11.8. The Bertz CT molecular complexity index is 619. The Hall–Kier alpha value is -1.16. The molecule has 0 aliphatic rings. The highest BCUT2D eigenvalue weighted by Gasteiger charge is 2.05. The van der Waals surface area contributed by atoms with Gasteiger partial charge in [-0.15, -0.1) is 0 Å². The zero-order valence-electron chi connectivity index (χ0n) is 12.0. The van der Waals surface area contributed by atoms with Gasteiger partial charge in [0.1, 0.15) is 0 Å². The van der Waals surface area contributed by atoms with Crippen LogP contribution in [0, 0.1) is 0 Å². The third-order valence-corrected chi connectivity index (χ3v) is 4.69. The second-order valence-corrected chi connectivity index (χ2v) is 6.75.